The topological polar surface area (TPSA) is 58.6 Å². The minimum absolute atomic E-state index is 0.185. The maximum Gasteiger partial charge on any atom is 0.323 e. The van der Waals surface area contributed by atoms with Gasteiger partial charge in [-0.05, 0) is 44.0 Å². The maximum absolute atomic E-state index is 11.4. The second kappa shape index (κ2) is 7.46. The molecule has 0 heterocycles. The zero-order valence-corrected chi connectivity index (χ0v) is 13.6. The third kappa shape index (κ3) is 5.05. The summed E-state index contributed by atoms with van der Waals surface area (Å²) in [5, 5.41) is 12.4. The Balaban J connectivity index is 2.67. The van der Waals surface area contributed by atoms with Crippen molar-refractivity contribution in [3.05, 3.63) is 29.8 Å². The van der Waals surface area contributed by atoms with Crippen LogP contribution in [0.15, 0.2) is 24.3 Å². The lowest BCUT2D eigenvalue weighted by molar-refractivity contribution is -0.145. The molecule has 0 spiro atoms. The predicted octanol–water partition coefficient (Wildman–Crippen LogP) is 3.42. The molecule has 1 rings (SSSR count). The molecular formula is C17H27NO3. The molecule has 4 nitrogen and oxygen atoms in total. The van der Waals surface area contributed by atoms with E-state index >= 15 is 0 Å². The zero-order chi connectivity index (χ0) is 16.0. The average molecular weight is 293 g/mol. The van der Waals surface area contributed by atoms with Crippen molar-refractivity contribution in [3.8, 4) is 5.75 Å². The van der Waals surface area contributed by atoms with Crippen LogP contribution in [-0.4, -0.2) is 29.3 Å². The molecule has 2 unspecified atom stereocenters. The Morgan fingerprint density at radius 3 is 2.29 bits per heavy atom. The molecule has 2 N–H and O–H groups in total. The Morgan fingerprint density at radius 1 is 1.29 bits per heavy atom. The monoisotopic (exact) mass is 293 g/mol. The Labute approximate surface area is 127 Å². The largest absolute Gasteiger partial charge is 0.491 e. The van der Waals surface area contributed by atoms with Gasteiger partial charge in [0.2, 0.25) is 0 Å². The minimum Gasteiger partial charge on any atom is -0.491 e. The summed E-state index contributed by atoms with van der Waals surface area (Å²) in [4.78, 5) is 11.4. The number of nitrogens with one attached hydrogen (secondary N) is 1. The van der Waals surface area contributed by atoms with Gasteiger partial charge in [-0.3, -0.25) is 4.79 Å². The highest BCUT2D eigenvalue weighted by Gasteiger charge is 2.34. The van der Waals surface area contributed by atoms with Gasteiger partial charge >= 0.3 is 5.97 Å². The molecule has 0 amide bonds. The highest BCUT2D eigenvalue weighted by atomic mass is 16.5. The average Bonchev–Trinajstić information content (AvgIpc) is 2.39. The molecule has 0 fully saturated rings. The standard InChI is InChI=1S/C17H27NO3/c1-6-18-17(5,16(19)20)11-13(4)21-15-9-7-14(8-10-15)12(2)3/h7-10,12-13,18H,6,11H2,1-5H3,(H,19,20). The summed E-state index contributed by atoms with van der Waals surface area (Å²) in [5.74, 6) is 0.409. The van der Waals surface area contributed by atoms with Gasteiger partial charge in [-0.2, -0.15) is 0 Å². The van der Waals surface area contributed by atoms with Crippen LogP contribution in [0.3, 0.4) is 0 Å². The van der Waals surface area contributed by atoms with Crippen LogP contribution in [0, 0.1) is 0 Å². The number of rotatable bonds is 8. The molecule has 0 saturated heterocycles. The lowest BCUT2D eigenvalue weighted by atomic mass is 9.95. The van der Waals surface area contributed by atoms with E-state index in [9.17, 15) is 9.90 Å². The van der Waals surface area contributed by atoms with Crippen molar-refractivity contribution in [2.75, 3.05) is 6.54 Å². The number of aliphatic carboxylic acids is 1. The number of likely N-dealkylation sites (N-methyl/N-ethyl adjacent to an activating group) is 1. The first kappa shape index (κ1) is 17.5. The smallest absolute Gasteiger partial charge is 0.323 e. The fourth-order valence-electron chi connectivity index (χ4n) is 2.41. The Bertz CT molecular complexity index is 456. The molecule has 4 heteroatoms. The number of hydrogen-bond donors (Lipinski definition) is 2. The number of carbonyl (C=O) groups is 1. The molecule has 0 bridgehead atoms. The van der Waals surface area contributed by atoms with Gasteiger partial charge in [-0.15, -0.1) is 0 Å². The van der Waals surface area contributed by atoms with Crippen molar-refractivity contribution < 1.29 is 14.6 Å². The highest BCUT2D eigenvalue weighted by molar-refractivity contribution is 5.78. The van der Waals surface area contributed by atoms with Crippen LogP contribution in [0.4, 0.5) is 0 Å². The van der Waals surface area contributed by atoms with Crippen LogP contribution >= 0.6 is 0 Å². The van der Waals surface area contributed by atoms with Gasteiger partial charge in [0.1, 0.15) is 11.3 Å². The van der Waals surface area contributed by atoms with Crippen LogP contribution in [0.25, 0.3) is 0 Å². The van der Waals surface area contributed by atoms with Crippen molar-refractivity contribution in [3.63, 3.8) is 0 Å². The number of carboxylic acids is 1. The van der Waals surface area contributed by atoms with Crippen molar-refractivity contribution in [2.45, 2.75) is 58.6 Å². The second-order valence-electron chi connectivity index (χ2n) is 6.02. The first-order valence-electron chi connectivity index (χ1n) is 7.53. The van der Waals surface area contributed by atoms with Gasteiger partial charge in [0.15, 0.2) is 0 Å². The van der Waals surface area contributed by atoms with Gasteiger partial charge in [-0.25, -0.2) is 0 Å². The molecule has 1 aromatic carbocycles. The number of ether oxygens (including phenoxy) is 1. The van der Waals surface area contributed by atoms with Crippen molar-refractivity contribution >= 4 is 5.97 Å². The summed E-state index contributed by atoms with van der Waals surface area (Å²) in [6.07, 6.45) is 0.220. The van der Waals surface area contributed by atoms with E-state index < -0.39 is 11.5 Å². The maximum atomic E-state index is 11.4. The van der Waals surface area contributed by atoms with Crippen LogP contribution in [-0.2, 0) is 4.79 Å². The number of hydrogen-bond acceptors (Lipinski definition) is 3. The minimum atomic E-state index is -0.966. The van der Waals surface area contributed by atoms with E-state index in [1.807, 2.05) is 38.1 Å². The Hall–Kier alpha value is -1.55. The molecule has 0 aliphatic carbocycles. The Morgan fingerprint density at radius 2 is 1.86 bits per heavy atom. The summed E-state index contributed by atoms with van der Waals surface area (Å²) in [7, 11) is 0. The molecule has 2 atom stereocenters. The highest BCUT2D eigenvalue weighted by Crippen LogP contribution is 2.22. The van der Waals surface area contributed by atoms with Crippen molar-refractivity contribution in [1.82, 2.24) is 5.32 Å². The first-order chi connectivity index (χ1) is 9.78. The third-order valence-corrected chi connectivity index (χ3v) is 3.62. The zero-order valence-electron chi connectivity index (χ0n) is 13.6. The van der Waals surface area contributed by atoms with E-state index in [0.29, 0.717) is 18.9 Å². The summed E-state index contributed by atoms with van der Waals surface area (Å²) >= 11 is 0. The molecule has 0 aromatic heterocycles. The summed E-state index contributed by atoms with van der Waals surface area (Å²) < 4.78 is 5.84. The Kier molecular flexibility index (Phi) is 6.21. The second-order valence-corrected chi connectivity index (χ2v) is 6.02. The van der Waals surface area contributed by atoms with Gasteiger partial charge in [0.05, 0.1) is 6.10 Å². The van der Waals surface area contributed by atoms with Gasteiger partial charge in [0.25, 0.3) is 0 Å². The van der Waals surface area contributed by atoms with E-state index in [1.54, 1.807) is 6.92 Å². The molecule has 1 aromatic rings. The number of benzene rings is 1. The van der Waals surface area contributed by atoms with E-state index in [-0.39, 0.29) is 6.10 Å². The summed E-state index contributed by atoms with van der Waals surface area (Å²) in [5.41, 5.74) is 0.296. The predicted molar refractivity (Wildman–Crippen MR) is 85.0 cm³/mol. The van der Waals surface area contributed by atoms with Crippen molar-refractivity contribution in [2.24, 2.45) is 0 Å². The van der Waals surface area contributed by atoms with Gasteiger partial charge in [-0.1, -0.05) is 32.9 Å². The van der Waals surface area contributed by atoms with Crippen LogP contribution in [0.5, 0.6) is 5.75 Å². The SMILES string of the molecule is CCNC(C)(CC(C)Oc1ccc(C(C)C)cc1)C(=O)O. The van der Waals surface area contributed by atoms with E-state index in [2.05, 4.69) is 19.2 Å². The van der Waals surface area contributed by atoms with Crippen molar-refractivity contribution in [1.29, 1.82) is 0 Å². The molecule has 21 heavy (non-hydrogen) atoms. The van der Waals surface area contributed by atoms with E-state index in [0.717, 1.165) is 5.75 Å². The quantitative estimate of drug-likeness (QED) is 0.771. The summed E-state index contributed by atoms with van der Waals surface area (Å²) in [6.45, 7) is 10.4. The van der Waals surface area contributed by atoms with E-state index in [1.165, 1.54) is 5.56 Å². The lowest BCUT2D eigenvalue weighted by Gasteiger charge is -2.29. The van der Waals surface area contributed by atoms with Gasteiger partial charge in [0, 0.05) is 6.42 Å². The fourth-order valence-corrected chi connectivity index (χ4v) is 2.41. The van der Waals surface area contributed by atoms with E-state index in [4.69, 9.17) is 4.74 Å². The molecule has 0 saturated carbocycles. The molecule has 0 radical (unpaired) electrons. The molecule has 0 aliphatic rings. The normalized spacial score (nSPS) is 15.5. The lowest BCUT2D eigenvalue weighted by Crippen LogP contribution is -2.51. The fraction of sp³-hybridized carbons (Fsp3) is 0.588. The number of carboxylic acid groups (broad SMARTS) is 1. The molecule has 0 aliphatic heterocycles. The van der Waals surface area contributed by atoms with Crippen LogP contribution < -0.4 is 10.1 Å². The summed E-state index contributed by atoms with van der Waals surface area (Å²) in [6, 6.07) is 7.98. The van der Waals surface area contributed by atoms with Crippen LogP contribution in [0.1, 0.15) is 52.5 Å². The third-order valence-electron chi connectivity index (χ3n) is 3.62. The van der Waals surface area contributed by atoms with Crippen LogP contribution in [0.2, 0.25) is 0 Å². The first-order valence-corrected chi connectivity index (χ1v) is 7.53. The molecule has 118 valence electrons. The molecular weight excluding hydrogens is 266 g/mol. The van der Waals surface area contributed by atoms with Gasteiger partial charge < -0.3 is 15.2 Å².